The quantitative estimate of drug-likeness (QED) is 0.841. The summed E-state index contributed by atoms with van der Waals surface area (Å²) >= 11 is 0. The summed E-state index contributed by atoms with van der Waals surface area (Å²) in [5.74, 6) is 0.555. The van der Waals surface area contributed by atoms with Gasteiger partial charge in [-0.25, -0.2) is 8.42 Å². The lowest BCUT2D eigenvalue weighted by Crippen LogP contribution is -2.33. The van der Waals surface area contributed by atoms with E-state index >= 15 is 0 Å². The van der Waals surface area contributed by atoms with Crippen molar-refractivity contribution in [2.45, 2.75) is 44.0 Å². The first-order valence-electron chi connectivity index (χ1n) is 7.31. The Hall–Kier alpha value is -0.910. The van der Waals surface area contributed by atoms with Crippen LogP contribution in [-0.4, -0.2) is 25.8 Å². The van der Waals surface area contributed by atoms with Crippen LogP contribution in [0.15, 0.2) is 29.2 Å². The molecule has 2 rings (SSSR count). The standard InChI is InChI=1S/C15H24N2O2S/c1-3-10-17(11-13-4-5-13)20(18,19)15-8-6-14(7-9-15)12(2)16/h6-9,12-13H,3-5,10-11,16H2,1-2H3. The molecule has 0 spiro atoms. The van der Waals surface area contributed by atoms with E-state index in [-0.39, 0.29) is 6.04 Å². The fourth-order valence-electron chi connectivity index (χ4n) is 2.24. The van der Waals surface area contributed by atoms with Crippen LogP contribution >= 0.6 is 0 Å². The SMILES string of the molecule is CCCN(CC1CC1)S(=O)(=O)c1ccc(C(C)N)cc1. The molecule has 112 valence electrons. The van der Waals surface area contributed by atoms with Crippen LogP contribution in [0.25, 0.3) is 0 Å². The lowest BCUT2D eigenvalue weighted by atomic mass is 10.1. The third kappa shape index (κ3) is 3.59. The van der Waals surface area contributed by atoms with Crippen LogP contribution < -0.4 is 5.73 Å². The van der Waals surface area contributed by atoms with Crippen LogP contribution in [0, 0.1) is 5.92 Å². The van der Waals surface area contributed by atoms with E-state index in [0.29, 0.717) is 23.9 Å². The van der Waals surface area contributed by atoms with Crippen LogP contribution in [0.3, 0.4) is 0 Å². The number of nitrogens with two attached hydrogens (primary N) is 1. The van der Waals surface area contributed by atoms with Gasteiger partial charge in [0.05, 0.1) is 4.90 Å². The van der Waals surface area contributed by atoms with Gasteiger partial charge in [-0.15, -0.1) is 0 Å². The Balaban J connectivity index is 2.21. The van der Waals surface area contributed by atoms with Crippen molar-refractivity contribution in [2.75, 3.05) is 13.1 Å². The smallest absolute Gasteiger partial charge is 0.243 e. The molecular formula is C15H24N2O2S. The van der Waals surface area contributed by atoms with E-state index in [4.69, 9.17) is 5.73 Å². The van der Waals surface area contributed by atoms with Crippen LogP contribution in [0.1, 0.15) is 44.7 Å². The van der Waals surface area contributed by atoms with Gasteiger partial charge in [-0.2, -0.15) is 4.31 Å². The highest BCUT2D eigenvalue weighted by Gasteiger charge is 2.31. The number of benzene rings is 1. The maximum atomic E-state index is 12.7. The molecule has 1 aromatic rings. The predicted octanol–water partition coefficient (Wildman–Crippen LogP) is 2.52. The molecule has 1 unspecified atom stereocenters. The molecule has 1 atom stereocenters. The van der Waals surface area contributed by atoms with Crippen LogP contribution in [0.4, 0.5) is 0 Å². The Morgan fingerprint density at radius 3 is 2.35 bits per heavy atom. The predicted molar refractivity (Wildman–Crippen MR) is 80.8 cm³/mol. The van der Waals surface area contributed by atoms with Crippen molar-refractivity contribution in [3.8, 4) is 0 Å². The van der Waals surface area contributed by atoms with Gasteiger partial charge in [-0.05, 0) is 49.8 Å². The maximum absolute atomic E-state index is 12.7. The van der Waals surface area contributed by atoms with Gasteiger partial charge in [0.2, 0.25) is 10.0 Å². The highest BCUT2D eigenvalue weighted by molar-refractivity contribution is 7.89. The Morgan fingerprint density at radius 2 is 1.90 bits per heavy atom. The van der Waals surface area contributed by atoms with E-state index < -0.39 is 10.0 Å². The highest BCUT2D eigenvalue weighted by atomic mass is 32.2. The van der Waals surface area contributed by atoms with E-state index in [0.717, 1.165) is 24.8 Å². The van der Waals surface area contributed by atoms with Crippen molar-refractivity contribution >= 4 is 10.0 Å². The molecule has 0 aromatic heterocycles. The van der Waals surface area contributed by atoms with Crippen LogP contribution in [0.5, 0.6) is 0 Å². The summed E-state index contributed by atoms with van der Waals surface area (Å²) in [5.41, 5.74) is 6.75. The highest BCUT2D eigenvalue weighted by Crippen LogP contribution is 2.31. The van der Waals surface area contributed by atoms with Crippen molar-refractivity contribution in [1.29, 1.82) is 0 Å². The molecule has 0 aliphatic heterocycles. The minimum Gasteiger partial charge on any atom is -0.324 e. The molecule has 1 aliphatic rings. The van der Waals surface area contributed by atoms with Gasteiger partial charge < -0.3 is 5.73 Å². The fraction of sp³-hybridized carbons (Fsp3) is 0.600. The van der Waals surface area contributed by atoms with Crippen LogP contribution in [-0.2, 0) is 10.0 Å². The Labute approximate surface area is 122 Å². The molecule has 0 radical (unpaired) electrons. The molecule has 0 heterocycles. The molecule has 1 fully saturated rings. The molecule has 0 bridgehead atoms. The number of nitrogens with zero attached hydrogens (tertiary/aromatic N) is 1. The Kier molecular flexibility index (Phi) is 4.83. The average Bonchev–Trinajstić information content (AvgIpc) is 3.22. The monoisotopic (exact) mass is 296 g/mol. The number of rotatable bonds is 7. The number of hydrogen-bond donors (Lipinski definition) is 1. The first-order chi connectivity index (χ1) is 9.45. The molecular weight excluding hydrogens is 272 g/mol. The van der Waals surface area contributed by atoms with Crippen LogP contribution in [0.2, 0.25) is 0 Å². The van der Waals surface area contributed by atoms with E-state index in [1.165, 1.54) is 0 Å². The Bertz CT molecular complexity index is 533. The summed E-state index contributed by atoms with van der Waals surface area (Å²) in [6.45, 7) is 5.15. The molecule has 5 heteroatoms. The summed E-state index contributed by atoms with van der Waals surface area (Å²) in [4.78, 5) is 0.371. The minimum atomic E-state index is -3.37. The zero-order valence-electron chi connectivity index (χ0n) is 12.2. The van der Waals surface area contributed by atoms with Gasteiger partial charge >= 0.3 is 0 Å². The zero-order valence-corrected chi connectivity index (χ0v) is 13.1. The summed E-state index contributed by atoms with van der Waals surface area (Å²) in [6, 6.07) is 6.87. The minimum absolute atomic E-state index is 0.0787. The molecule has 1 aliphatic carbocycles. The van der Waals surface area contributed by atoms with Gasteiger partial charge in [0.25, 0.3) is 0 Å². The van der Waals surface area contributed by atoms with Gasteiger partial charge in [0.1, 0.15) is 0 Å². The summed E-state index contributed by atoms with van der Waals surface area (Å²) in [6.07, 6.45) is 3.14. The second-order valence-corrected chi connectivity index (χ2v) is 7.60. The van der Waals surface area contributed by atoms with Gasteiger partial charge in [-0.3, -0.25) is 0 Å². The second kappa shape index (κ2) is 6.24. The molecule has 4 nitrogen and oxygen atoms in total. The van der Waals surface area contributed by atoms with Crippen molar-refractivity contribution in [2.24, 2.45) is 11.7 Å². The zero-order chi connectivity index (χ0) is 14.8. The van der Waals surface area contributed by atoms with Crippen molar-refractivity contribution in [1.82, 2.24) is 4.31 Å². The average molecular weight is 296 g/mol. The summed E-state index contributed by atoms with van der Waals surface area (Å²) in [5, 5.41) is 0. The lowest BCUT2D eigenvalue weighted by molar-refractivity contribution is 0.395. The van der Waals surface area contributed by atoms with Gasteiger partial charge in [0, 0.05) is 19.1 Å². The number of sulfonamides is 1. The third-order valence-corrected chi connectivity index (χ3v) is 5.55. The first kappa shape index (κ1) is 15.5. The molecule has 0 saturated heterocycles. The molecule has 1 aromatic carbocycles. The maximum Gasteiger partial charge on any atom is 0.243 e. The third-order valence-electron chi connectivity index (χ3n) is 3.68. The van der Waals surface area contributed by atoms with E-state index in [9.17, 15) is 8.42 Å². The topological polar surface area (TPSA) is 63.4 Å². The molecule has 20 heavy (non-hydrogen) atoms. The Morgan fingerprint density at radius 1 is 1.30 bits per heavy atom. The fourth-order valence-corrected chi connectivity index (χ4v) is 3.85. The summed E-state index contributed by atoms with van der Waals surface area (Å²) in [7, 11) is -3.37. The van der Waals surface area contributed by atoms with Crippen molar-refractivity contribution in [3.63, 3.8) is 0 Å². The van der Waals surface area contributed by atoms with Gasteiger partial charge in [-0.1, -0.05) is 19.1 Å². The van der Waals surface area contributed by atoms with Gasteiger partial charge in [0.15, 0.2) is 0 Å². The lowest BCUT2D eigenvalue weighted by Gasteiger charge is -2.21. The number of hydrogen-bond acceptors (Lipinski definition) is 3. The second-order valence-electron chi connectivity index (χ2n) is 5.66. The van der Waals surface area contributed by atoms with Crippen molar-refractivity contribution < 1.29 is 8.42 Å². The molecule has 0 amide bonds. The van der Waals surface area contributed by atoms with Crippen molar-refractivity contribution in [3.05, 3.63) is 29.8 Å². The first-order valence-corrected chi connectivity index (χ1v) is 8.75. The molecule has 2 N–H and O–H groups in total. The largest absolute Gasteiger partial charge is 0.324 e. The normalized spacial score (nSPS) is 17.4. The van der Waals surface area contributed by atoms with E-state index in [2.05, 4.69) is 0 Å². The molecule has 1 saturated carbocycles. The van der Waals surface area contributed by atoms with E-state index in [1.807, 2.05) is 13.8 Å². The summed E-state index contributed by atoms with van der Waals surface area (Å²) < 4.78 is 27.0. The van der Waals surface area contributed by atoms with E-state index in [1.54, 1.807) is 28.6 Å².